The van der Waals surface area contributed by atoms with Crippen molar-refractivity contribution in [3.05, 3.63) is 33.9 Å². The van der Waals surface area contributed by atoms with Gasteiger partial charge in [0, 0.05) is 12.3 Å². The molecule has 8 nitrogen and oxygen atoms in total. The molecular weight excluding hydrogens is 242 g/mol. The van der Waals surface area contributed by atoms with Crippen LogP contribution in [0.4, 0.5) is 0 Å². The lowest BCUT2D eigenvalue weighted by molar-refractivity contribution is 0.0523. The van der Waals surface area contributed by atoms with Crippen LogP contribution in [0.1, 0.15) is 27.8 Å². The monoisotopic (exact) mass is 251 g/mol. The van der Waals surface area contributed by atoms with E-state index in [2.05, 4.69) is 10.1 Å². The van der Waals surface area contributed by atoms with Gasteiger partial charge in [0.05, 0.1) is 6.61 Å². The van der Waals surface area contributed by atoms with Crippen molar-refractivity contribution in [2.75, 3.05) is 6.61 Å². The number of carbonyl (C=O) groups is 2. The molecule has 94 valence electrons. The summed E-state index contributed by atoms with van der Waals surface area (Å²) in [5.41, 5.74) is -1.06. The molecule has 2 N–H and O–H groups in total. The number of hydrogen-bond acceptors (Lipinski definition) is 5. The van der Waals surface area contributed by atoms with Gasteiger partial charge in [-0.25, -0.2) is 9.59 Å². The van der Waals surface area contributed by atoms with Gasteiger partial charge in [0.15, 0.2) is 5.69 Å². The number of ether oxygens (including phenoxy) is 1. The Labute approximate surface area is 99.8 Å². The third kappa shape index (κ3) is 1.83. The molecule has 18 heavy (non-hydrogen) atoms. The van der Waals surface area contributed by atoms with Crippen molar-refractivity contribution in [2.45, 2.75) is 6.92 Å². The van der Waals surface area contributed by atoms with Gasteiger partial charge in [-0.05, 0) is 6.92 Å². The Hall–Kier alpha value is -2.64. The quantitative estimate of drug-likeness (QED) is 0.736. The summed E-state index contributed by atoms with van der Waals surface area (Å²) in [4.78, 5) is 36.6. The van der Waals surface area contributed by atoms with Gasteiger partial charge in [-0.15, -0.1) is 0 Å². The molecule has 0 saturated heterocycles. The number of fused-ring (bicyclic) bond motifs is 1. The van der Waals surface area contributed by atoms with Crippen LogP contribution in [0.3, 0.4) is 0 Å². The Bertz CT molecular complexity index is 684. The minimum Gasteiger partial charge on any atom is -0.476 e. The van der Waals surface area contributed by atoms with Gasteiger partial charge in [0.2, 0.25) is 0 Å². The number of carboxylic acid groups (broad SMARTS) is 1. The summed E-state index contributed by atoms with van der Waals surface area (Å²) in [6, 6.07) is 1.19. The Morgan fingerprint density at radius 1 is 1.56 bits per heavy atom. The molecule has 0 bridgehead atoms. The Morgan fingerprint density at radius 2 is 2.28 bits per heavy atom. The molecule has 0 aliphatic rings. The summed E-state index contributed by atoms with van der Waals surface area (Å²) in [6.07, 6.45) is 1.17. The van der Waals surface area contributed by atoms with Crippen molar-refractivity contribution >= 4 is 17.6 Å². The van der Waals surface area contributed by atoms with Crippen molar-refractivity contribution in [1.82, 2.24) is 14.6 Å². The lowest BCUT2D eigenvalue weighted by atomic mass is 10.3. The fourth-order valence-electron chi connectivity index (χ4n) is 1.42. The van der Waals surface area contributed by atoms with Gasteiger partial charge in [0.1, 0.15) is 11.2 Å². The fraction of sp³-hybridized carbons (Fsp3) is 0.200. The maximum absolute atomic E-state index is 11.9. The van der Waals surface area contributed by atoms with Crippen LogP contribution in [0.2, 0.25) is 0 Å². The van der Waals surface area contributed by atoms with Crippen molar-refractivity contribution in [3.8, 4) is 0 Å². The average Bonchev–Trinajstić information content (AvgIpc) is 2.74. The summed E-state index contributed by atoms with van der Waals surface area (Å²) in [7, 11) is 0. The maximum Gasteiger partial charge on any atom is 0.356 e. The van der Waals surface area contributed by atoms with Crippen LogP contribution in [-0.2, 0) is 4.74 Å². The third-order valence-electron chi connectivity index (χ3n) is 2.21. The maximum atomic E-state index is 11.9. The molecule has 0 atom stereocenters. The predicted octanol–water partition coefficient (Wildman–Crippen LogP) is -0.103. The van der Waals surface area contributed by atoms with Crippen molar-refractivity contribution in [1.29, 1.82) is 0 Å². The Kier molecular flexibility index (Phi) is 2.84. The molecule has 0 aliphatic heterocycles. The minimum atomic E-state index is -1.26. The van der Waals surface area contributed by atoms with Crippen molar-refractivity contribution in [2.24, 2.45) is 0 Å². The Morgan fingerprint density at radius 3 is 2.89 bits per heavy atom. The van der Waals surface area contributed by atoms with E-state index in [9.17, 15) is 14.4 Å². The molecule has 0 spiro atoms. The summed E-state index contributed by atoms with van der Waals surface area (Å²) in [6.45, 7) is 1.75. The van der Waals surface area contributed by atoms with Crippen LogP contribution in [-0.4, -0.2) is 38.3 Å². The number of nitrogens with zero attached hydrogens (tertiary/aromatic N) is 2. The number of aromatic nitrogens is 3. The largest absolute Gasteiger partial charge is 0.476 e. The van der Waals surface area contributed by atoms with Gasteiger partial charge in [-0.2, -0.15) is 9.61 Å². The molecule has 0 saturated carbocycles. The van der Waals surface area contributed by atoms with E-state index >= 15 is 0 Å². The van der Waals surface area contributed by atoms with Crippen molar-refractivity contribution in [3.63, 3.8) is 0 Å². The second kappa shape index (κ2) is 4.32. The summed E-state index contributed by atoms with van der Waals surface area (Å²) < 4.78 is 5.51. The SMILES string of the molecule is CCOC(=O)c1c[nH]c2cc(C(=O)O)nn2c1=O. The number of esters is 1. The second-order valence-electron chi connectivity index (χ2n) is 3.36. The van der Waals surface area contributed by atoms with E-state index in [1.54, 1.807) is 6.92 Å². The molecule has 0 aromatic carbocycles. The highest BCUT2D eigenvalue weighted by Crippen LogP contribution is 2.02. The molecule has 0 radical (unpaired) electrons. The number of H-pyrrole nitrogens is 1. The lowest BCUT2D eigenvalue weighted by Gasteiger charge is -2.00. The van der Waals surface area contributed by atoms with E-state index in [0.29, 0.717) is 0 Å². The first-order chi connectivity index (χ1) is 8.54. The third-order valence-corrected chi connectivity index (χ3v) is 2.21. The molecule has 0 fully saturated rings. The zero-order valence-corrected chi connectivity index (χ0v) is 9.34. The Balaban J connectivity index is 2.60. The summed E-state index contributed by atoms with van der Waals surface area (Å²) in [5.74, 6) is -2.04. The first-order valence-corrected chi connectivity index (χ1v) is 5.06. The zero-order chi connectivity index (χ0) is 13.3. The van der Waals surface area contributed by atoms with E-state index < -0.39 is 17.5 Å². The summed E-state index contributed by atoms with van der Waals surface area (Å²) in [5, 5.41) is 12.3. The molecule has 0 aliphatic carbocycles. The number of hydrogen-bond donors (Lipinski definition) is 2. The normalized spacial score (nSPS) is 10.5. The van der Waals surface area contributed by atoms with E-state index in [4.69, 9.17) is 9.84 Å². The standard InChI is InChI=1S/C10H9N3O5/c1-2-18-10(17)5-4-11-7-3-6(9(15)16)12-13(7)8(5)14/h3-4,11H,2H2,1H3,(H,15,16). The van der Waals surface area contributed by atoms with E-state index in [1.807, 2.05) is 0 Å². The zero-order valence-electron chi connectivity index (χ0n) is 9.34. The van der Waals surface area contributed by atoms with Crippen LogP contribution >= 0.6 is 0 Å². The highest BCUT2D eigenvalue weighted by molar-refractivity contribution is 5.89. The lowest BCUT2D eigenvalue weighted by Crippen LogP contribution is -2.24. The van der Waals surface area contributed by atoms with Crippen LogP contribution in [0.25, 0.3) is 5.65 Å². The van der Waals surface area contributed by atoms with E-state index in [-0.39, 0.29) is 23.5 Å². The molecule has 8 heteroatoms. The van der Waals surface area contributed by atoms with Crippen molar-refractivity contribution < 1.29 is 19.4 Å². The van der Waals surface area contributed by atoms with E-state index in [1.165, 1.54) is 12.3 Å². The topological polar surface area (TPSA) is 114 Å². The first kappa shape index (κ1) is 11.8. The number of aromatic amines is 1. The van der Waals surface area contributed by atoms with Gasteiger partial charge in [-0.1, -0.05) is 0 Å². The number of rotatable bonds is 3. The first-order valence-electron chi connectivity index (χ1n) is 5.06. The van der Waals surface area contributed by atoms with Crippen LogP contribution in [0.5, 0.6) is 0 Å². The number of nitrogens with one attached hydrogen (secondary N) is 1. The van der Waals surface area contributed by atoms with Gasteiger partial charge in [-0.3, -0.25) is 4.79 Å². The molecule has 2 aromatic heterocycles. The average molecular weight is 251 g/mol. The highest BCUT2D eigenvalue weighted by Gasteiger charge is 2.17. The molecule has 2 rings (SSSR count). The van der Waals surface area contributed by atoms with Gasteiger partial charge in [0.25, 0.3) is 5.56 Å². The smallest absolute Gasteiger partial charge is 0.356 e. The minimum absolute atomic E-state index is 0.135. The van der Waals surface area contributed by atoms with Crippen LogP contribution < -0.4 is 5.56 Å². The molecule has 2 aromatic rings. The fourth-order valence-corrected chi connectivity index (χ4v) is 1.42. The van der Waals surface area contributed by atoms with Crippen LogP contribution in [0.15, 0.2) is 17.1 Å². The molecule has 2 heterocycles. The second-order valence-corrected chi connectivity index (χ2v) is 3.36. The number of carbonyl (C=O) groups excluding carboxylic acids is 1. The summed E-state index contributed by atoms with van der Waals surface area (Å²) >= 11 is 0. The number of carboxylic acids is 1. The van der Waals surface area contributed by atoms with Gasteiger partial charge < -0.3 is 14.8 Å². The molecular formula is C10H9N3O5. The van der Waals surface area contributed by atoms with Gasteiger partial charge >= 0.3 is 11.9 Å². The van der Waals surface area contributed by atoms with E-state index in [0.717, 1.165) is 4.52 Å². The number of aromatic carboxylic acids is 1. The van der Waals surface area contributed by atoms with Crippen LogP contribution in [0, 0.1) is 0 Å². The molecule has 0 unspecified atom stereocenters. The predicted molar refractivity (Wildman–Crippen MR) is 58.7 cm³/mol. The molecule has 0 amide bonds. The highest BCUT2D eigenvalue weighted by atomic mass is 16.5.